The Morgan fingerprint density at radius 3 is 1.90 bits per heavy atom. The molecule has 3 aliphatic heterocycles. The van der Waals surface area contributed by atoms with E-state index in [2.05, 4.69) is 0 Å². The molecule has 4 atom stereocenters. The van der Waals surface area contributed by atoms with Gasteiger partial charge in [0.05, 0.1) is 28.7 Å². The summed E-state index contributed by atoms with van der Waals surface area (Å²) in [6.45, 7) is 5.76. The molecule has 0 aliphatic carbocycles. The lowest BCUT2D eigenvalue weighted by atomic mass is 9.73. The van der Waals surface area contributed by atoms with Crippen molar-refractivity contribution in [1.29, 1.82) is 0 Å². The van der Waals surface area contributed by atoms with Gasteiger partial charge in [0.2, 0.25) is 11.8 Å². The van der Waals surface area contributed by atoms with E-state index in [0.29, 0.717) is 5.69 Å². The van der Waals surface area contributed by atoms with E-state index in [0.717, 1.165) is 5.56 Å². The van der Waals surface area contributed by atoms with Gasteiger partial charge >= 0.3 is 0 Å². The zero-order valence-corrected chi connectivity index (χ0v) is 12.3. The Hall–Kier alpha value is -1.94. The molecule has 0 saturated carbocycles. The van der Waals surface area contributed by atoms with E-state index in [4.69, 9.17) is 4.74 Å². The van der Waals surface area contributed by atoms with Gasteiger partial charge in [0.15, 0.2) is 0 Å². The number of amides is 2. The van der Waals surface area contributed by atoms with Crippen molar-refractivity contribution >= 4 is 17.5 Å². The van der Waals surface area contributed by atoms with E-state index in [-0.39, 0.29) is 11.8 Å². The van der Waals surface area contributed by atoms with E-state index in [1.807, 2.05) is 57.2 Å². The van der Waals surface area contributed by atoms with Gasteiger partial charge < -0.3 is 4.74 Å². The van der Waals surface area contributed by atoms with Gasteiger partial charge in [0.1, 0.15) is 0 Å². The number of nitrogens with zero attached hydrogens (tertiary/aromatic N) is 1. The number of aryl methyl sites for hydroxylation is 1. The van der Waals surface area contributed by atoms with E-state index >= 15 is 0 Å². The topological polar surface area (TPSA) is 46.6 Å². The highest BCUT2D eigenvalue weighted by Gasteiger charge is 2.70. The second kappa shape index (κ2) is 3.63. The van der Waals surface area contributed by atoms with Crippen LogP contribution in [0.5, 0.6) is 0 Å². The molecule has 4 rings (SSSR count). The Balaban J connectivity index is 1.80. The highest BCUT2D eigenvalue weighted by Crippen LogP contribution is 2.57. The maximum absolute atomic E-state index is 12.8. The summed E-state index contributed by atoms with van der Waals surface area (Å²) in [6.07, 6.45) is 3.86. The van der Waals surface area contributed by atoms with Gasteiger partial charge in [-0.3, -0.25) is 9.59 Å². The number of carbonyl (C=O) groups is 2. The van der Waals surface area contributed by atoms with Gasteiger partial charge in [0, 0.05) is 0 Å². The maximum Gasteiger partial charge on any atom is 0.241 e. The molecule has 0 radical (unpaired) electrons. The summed E-state index contributed by atoms with van der Waals surface area (Å²) in [5.74, 6) is -1.13. The predicted octanol–water partition coefficient (Wildman–Crippen LogP) is 2.22. The number of anilines is 1. The zero-order chi connectivity index (χ0) is 15.0. The average Bonchev–Trinajstić information content (AvgIpc) is 2.97. The maximum atomic E-state index is 12.8. The molecule has 2 amide bonds. The van der Waals surface area contributed by atoms with Gasteiger partial charge in [-0.05, 0) is 32.9 Å². The molecule has 2 saturated heterocycles. The Bertz CT molecular complexity index is 656. The minimum atomic E-state index is -0.661. The predicted molar refractivity (Wildman–Crippen MR) is 77.7 cm³/mol. The average molecular weight is 283 g/mol. The van der Waals surface area contributed by atoms with Crippen molar-refractivity contribution in [3.63, 3.8) is 0 Å². The van der Waals surface area contributed by atoms with Crippen molar-refractivity contribution < 1.29 is 14.3 Å². The summed E-state index contributed by atoms with van der Waals surface area (Å²) in [6, 6.07) is 7.48. The van der Waals surface area contributed by atoms with E-state index in [1.165, 1.54) is 4.90 Å². The van der Waals surface area contributed by atoms with Crippen molar-refractivity contribution in [2.24, 2.45) is 11.8 Å². The van der Waals surface area contributed by atoms with Crippen LogP contribution >= 0.6 is 0 Å². The first-order valence-electron chi connectivity index (χ1n) is 7.21. The number of fused-ring (bicyclic) bond motifs is 5. The molecule has 4 nitrogen and oxygen atoms in total. The number of hydrogen-bond acceptors (Lipinski definition) is 3. The minimum absolute atomic E-state index is 0.149. The quantitative estimate of drug-likeness (QED) is 0.586. The first-order chi connectivity index (χ1) is 9.86. The number of carbonyl (C=O) groups excluding carboxylic acids is 2. The molecule has 2 bridgehead atoms. The van der Waals surface area contributed by atoms with Crippen LogP contribution in [0.25, 0.3) is 0 Å². The lowest BCUT2D eigenvalue weighted by Gasteiger charge is -2.25. The van der Waals surface area contributed by atoms with Crippen LogP contribution in [0.4, 0.5) is 5.69 Å². The van der Waals surface area contributed by atoms with Crippen molar-refractivity contribution in [2.45, 2.75) is 32.0 Å². The Labute approximate surface area is 123 Å². The molecule has 1 aromatic carbocycles. The number of rotatable bonds is 1. The van der Waals surface area contributed by atoms with Crippen LogP contribution in [0.2, 0.25) is 0 Å². The normalized spacial score (nSPS) is 40.2. The van der Waals surface area contributed by atoms with Gasteiger partial charge in [0.25, 0.3) is 0 Å². The highest BCUT2D eigenvalue weighted by molar-refractivity contribution is 6.23. The second-order valence-corrected chi connectivity index (χ2v) is 6.61. The van der Waals surface area contributed by atoms with E-state index < -0.39 is 23.0 Å². The van der Waals surface area contributed by atoms with Crippen LogP contribution in [-0.2, 0) is 14.3 Å². The summed E-state index contributed by atoms with van der Waals surface area (Å²) >= 11 is 0. The van der Waals surface area contributed by atoms with Gasteiger partial charge in [-0.15, -0.1) is 0 Å². The SMILES string of the molecule is Cc1ccc(N2C(=O)[C@@H]3[C@H](C2=O)[C@@]2(C)C=C[C@]3(C)O2)cc1. The fourth-order valence-electron chi connectivity index (χ4n) is 3.98. The first kappa shape index (κ1) is 12.8. The molecule has 3 heterocycles. The number of benzene rings is 1. The number of ether oxygens (including phenoxy) is 1. The van der Waals surface area contributed by atoms with Gasteiger partial charge in [-0.2, -0.15) is 0 Å². The Kier molecular flexibility index (Phi) is 2.21. The molecule has 2 fully saturated rings. The summed E-state index contributed by atoms with van der Waals surface area (Å²) in [4.78, 5) is 27.0. The molecule has 4 heteroatoms. The van der Waals surface area contributed by atoms with Crippen LogP contribution in [0.1, 0.15) is 19.4 Å². The molecule has 0 unspecified atom stereocenters. The van der Waals surface area contributed by atoms with Crippen molar-refractivity contribution in [3.05, 3.63) is 42.0 Å². The third-order valence-electron chi connectivity index (χ3n) is 5.02. The van der Waals surface area contributed by atoms with Crippen molar-refractivity contribution in [3.8, 4) is 0 Å². The monoisotopic (exact) mass is 283 g/mol. The van der Waals surface area contributed by atoms with Crippen LogP contribution in [0.15, 0.2) is 36.4 Å². The van der Waals surface area contributed by atoms with Crippen LogP contribution in [0.3, 0.4) is 0 Å². The van der Waals surface area contributed by atoms with Gasteiger partial charge in [-0.1, -0.05) is 29.8 Å². The molecular weight excluding hydrogens is 266 g/mol. The van der Waals surface area contributed by atoms with Crippen LogP contribution in [-0.4, -0.2) is 23.0 Å². The van der Waals surface area contributed by atoms with Crippen LogP contribution < -0.4 is 4.90 Å². The molecule has 0 aromatic heterocycles. The summed E-state index contributed by atoms with van der Waals surface area (Å²) < 4.78 is 5.98. The molecule has 1 aromatic rings. The second-order valence-electron chi connectivity index (χ2n) is 6.61. The molecule has 108 valence electrons. The highest BCUT2D eigenvalue weighted by atomic mass is 16.5. The lowest BCUT2D eigenvalue weighted by Crippen LogP contribution is -2.39. The third kappa shape index (κ3) is 1.43. The third-order valence-corrected chi connectivity index (χ3v) is 5.02. The zero-order valence-electron chi connectivity index (χ0n) is 12.3. The summed E-state index contributed by atoms with van der Waals surface area (Å²) in [7, 11) is 0. The Morgan fingerprint density at radius 2 is 1.43 bits per heavy atom. The lowest BCUT2D eigenvalue weighted by molar-refractivity contribution is -0.128. The Morgan fingerprint density at radius 1 is 0.952 bits per heavy atom. The molecular formula is C17H17NO3. The molecule has 0 spiro atoms. The van der Waals surface area contributed by atoms with E-state index in [9.17, 15) is 9.59 Å². The fourth-order valence-corrected chi connectivity index (χ4v) is 3.98. The number of imide groups is 1. The molecule has 3 aliphatic rings. The largest absolute Gasteiger partial charge is 0.359 e. The number of hydrogen-bond donors (Lipinski definition) is 0. The molecule has 0 N–H and O–H groups in total. The fraction of sp³-hybridized carbons (Fsp3) is 0.412. The molecule has 21 heavy (non-hydrogen) atoms. The van der Waals surface area contributed by atoms with Crippen LogP contribution in [0, 0.1) is 18.8 Å². The van der Waals surface area contributed by atoms with E-state index in [1.54, 1.807) is 0 Å². The minimum Gasteiger partial charge on any atom is -0.359 e. The first-order valence-corrected chi connectivity index (χ1v) is 7.21. The van der Waals surface area contributed by atoms with Crippen molar-refractivity contribution in [1.82, 2.24) is 0 Å². The standard InChI is InChI=1S/C17H17NO3/c1-10-4-6-11(7-5-10)18-14(19)12-13(15(18)20)17(3)9-8-16(12,2)21-17/h4-9,12-13H,1-3H3/t12-,13+,16-,17+. The smallest absolute Gasteiger partial charge is 0.241 e. The summed E-state index contributed by atoms with van der Waals surface area (Å²) in [5, 5.41) is 0. The van der Waals surface area contributed by atoms with Gasteiger partial charge in [-0.25, -0.2) is 4.90 Å². The van der Waals surface area contributed by atoms with Crippen molar-refractivity contribution in [2.75, 3.05) is 4.90 Å². The summed E-state index contributed by atoms with van der Waals surface area (Å²) in [5.41, 5.74) is 0.427.